The summed E-state index contributed by atoms with van der Waals surface area (Å²) in [5.41, 5.74) is 0.927. The van der Waals surface area contributed by atoms with Crippen LogP contribution in [-0.2, 0) is 11.3 Å². The second-order valence-corrected chi connectivity index (χ2v) is 7.09. The Kier molecular flexibility index (Phi) is 3.66. The number of amides is 1. The molecule has 0 radical (unpaired) electrons. The molecule has 0 saturated carbocycles. The van der Waals surface area contributed by atoms with E-state index in [1.807, 2.05) is 31.7 Å². The topological polar surface area (TPSA) is 32.8 Å². The highest BCUT2D eigenvalue weighted by molar-refractivity contribution is 5.69. The van der Waals surface area contributed by atoms with E-state index < -0.39 is 5.60 Å². The number of fused-ring (bicyclic) bond motifs is 2. The van der Waals surface area contributed by atoms with E-state index in [0.29, 0.717) is 12.1 Å². The molecule has 114 valence electrons. The first-order valence-electron chi connectivity index (χ1n) is 7.70. The van der Waals surface area contributed by atoms with Crippen LogP contribution < -0.4 is 0 Å². The summed E-state index contributed by atoms with van der Waals surface area (Å²) in [5, 5.41) is 0. The molecule has 2 fully saturated rings. The van der Waals surface area contributed by atoms with E-state index in [4.69, 9.17) is 4.74 Å². The molecular formula is C17H24N2O2. The van der Waals surface area contributed by atoms with Crippen molar-refractivity contribution in [1.82, 2.24) is 9.80 Å². The van der Waals surface area contributed by atoms with Gasteiger partial charge in [-0.25, -0.2) is 4.79 Å². The average molecular weight is 288 g/mol. The van der Waals surface area contributed by atoms with Gasteiger partial charge in [0.1, 0.15) is 5.60 Å². The van der Waals surface area contributed by atoms with Gasteiger partial charge in [0.15, 0.2) is 0 Å². The highest BCUT2D eigenvalue weighted by atomic mass is 16.6. The lowest BCUT2D eigenvalue weighted by Gasteiger charge is -2.35. The molecule has 1 amide bonds. The first-order chi connectivity index (χ1) is 9.92. The molecule has 0 N–H and O–H groups in total. The fourth-order valence-corrected chi connectivity index (χ4v) is 3.31. The Hall–Kier alpha value is -1.55. The minimum absolute atomic E-state index is 0.158. The van der Waals surface area contributed by atoms with Gasteiger partial charge >= 0.3 is 6.09 Å². The Morgan fingerprint density at radius 1 is 1.19 bits per heavy atom. The molecule has 2 heterocycles. The van der Waals surface area contributed by atoms with Crippen LogP contribution in [0.1, 0.15) is 32.8 Å². The number of nitrogens with zero attached hydrogens (tertiary/aromatic N) is 2. The minimum atomic E-state index is -0.414. The minimum Gasteiger partial charge on any atom is -0.444 e. The summed E-state index contributed by atoms with van der Waals surface area (Å²) in [6.45, 7) is 8.48. The van der Waals surface area contributed by atoms with Crippen molar-refractivity contribution < 1.29 is 9.53 Å². The second kappa shape index (κ2) is 5.34. The summed E-state index contributed by atoms with van der Waals surface area (Å²) in [4.78, 5) is 16.6. The Morgan fingerprint density at radius 2 is 1.90 bits per heavy atom. The molecule has 4 nitrogen and oxygen atoms in total. The zero-order valence-electron chi connectivity index (χ0n) is 13.1. The Bertz CT molecular complexity index is 509. The number of piperazine rings is 1. The van der Waals surface area contributed by atoms with Crippen molar-refractivity contribution in [2.45, 2.75) is 51.4 Å². The van der Waals surface area contributed by atoms with Crippen LogP contribution >= 0.6 is 0 Å². The van der Waals surface area contributed by atoms with Gasteiger partial charge in [0, 0.05) is 31.7 Å². The molecule has 1 aromatic rings. The lowest BCUT2D eigenvalue weighted by atomic mass is 10.2. The SMILES string of the molecule is CC(C)(C)OC(=O)N1C[C@H]2C[C@H]1CN2Cc1ccccc1. The third-order valence-electron chi connectivity index (χ3n) is 4.21. The molecule has 0 unspecified atom stereocenters. The molecule has 1 aromatic carbocycles. The third-order valence-corrected chi connectivity index (χ3v) is 4.21. The van der Waals surface area contributed by atoms with Gasteiger partial charge < -0.3 is 9.64 Å². The molecule has 4 heteroatoms. The van der Waals surface area contributed by atoms with Gasteiger partial charge in [0.05, 0.1) is 0 Å². The summed E-state index contributed by atoms with van der Waals surface area (Å²) in [5.74, 6) is 0. The van der Waals surface area contributed by atoms with E-state index in [0.717, 1.165) is 26.1 Å². The van der Waals surface area contributed by atoms with Crippen LogP contribution in [0.4, 0.5) is 4.79 Å². The molecule has 0 spiro atoms. The van der Waals surface area contributed by atoms with Crippen LogP contribution in [0.15, 0.2) is 30.3 Å². The number of carbonyl (C=O) groups excluding carboxylic acids is 1. The summed E-state index contributed by atoms with van der Waals surface area (Å²) in [6.07, 6.45) is 0.917. The van der Waals surface area contributed by atoms with E-state index in [9.17, 15) is 4.79 Å². The van der Waals surface area contributed by atoms with E-state index >= 15 is 0 Å². The molecule has 2 atom stereocenters. The predicted molar refractivity (Wildman–Crippen MR) is 82.0 cm³/mol. The van der Waals surface area contributed by atoms with Crippen LogP contribution in [-0.4, -0.2) is 46.7 Å². The fourth-order valence-electron chi connectivity index (χ4n) is 3.31. The maximum Gasteiger partial charge on any atom is 0.410 e. The molecule has 0 aliphatic carbocycles. The number of ether oxygens (including phenoxy) is 1. The molecule has 21 heavy (non-hydrogen) atoms. The highest BCUT2D eigenvalue weighted by Crippen LogP contribution is 2.32. The zero-order valence-corrected chi connectivity index (χ0v) is 13.1. The Balaban J connectivity index is 1.58. The zero-order chi connectivity index (χ0) is 15.0. The van der Waals surface area contributed by atoms with E-state index in [-0.39, 0.29) is 6.09 Å². The van der Waals surface area contributed by atoms with Gasteiger partial charge in [-0.05, 0) is 32.8 Å². The largest absolute Gasteiger partial charge is 0.444 e. The number of hydrogen-bond acceptors (Lipinski definition) is 3. The fraction of sp³-hybridized carbons (Fsp3) is 0.588. The molecule has 2 aliphatic heterocycles. The lowest BCUT2D eigenvalue weighted by Crippen LogP contribution is -2.49. The predicted octanol–water partition coefficient (Wildman–Crippen LogP) is 2.88. The van der Waals surface area contributed by atoms with Crippen LogP contribution in [0, 0.1) is 0 Å². The number of rotatable bonds is 2. The first-order valence-corrected chi connectivity index (χ1v) is 7.70. The second-order valence-electron chi connectivity index (χ2n) is 7.09. The molecule has 2 bridgehead atoms. The molecule has 3 rings (SSSR count). The standard InChI is InChI=1S/C17H24N2O2/c1-17(2,3)21-16(20)19-12-14-9-15(19)11-18(14)10-13-7-5-4-6-8-13/h4-8,14-15H,9-12H2,1-3H3/t14-,15+/m1/s1. The van der Waals surface area contributed by atoms with Crippen molar-refractivity contribution in [3.05, 3.63) is 35.9 Å². The van der Waals surface area contributed by atoms with Crippen LogP contribution in [0.5, 0.6) is 0 Å². The number of carbonyl (C=O) groups is 1. The van der Waals surface area contributed by atoms with Crippen LogP contribution in [0.25, 0.3) is 0 Å². The van der Waals surface area contributed by atoms with Crippen molar-refractivity contribution in [1.29, 1.82) is 0 Å². The molecule has 2 saturated heterocycles. The molecular weight excluding hydrogens is 264 g/mol. The Morgan fingerprint density at radius 3 is 2.48 bits per heavy atom. The average Bonchev–Trinajstić information content (AvgIpc) is 2.97. The van der Waals surface area contributed by atoms with Crippen molar-refractivity contribution >= 4 is 6.09 Å². The van der Waals surface area contributed by atoms with Crippen LogP contribution in [0.3, 0.4) is 0 Å². The van der Waals surface area contributed by atoms with E-state index in [1.165, 1.54) is 5.56 Å². The first kappa shape index (κ1) is 14.4. The maximum absolute atomic E-state index is 12.2. The van der Waals surface area contributed by atoms with Gasteiger partial charge in [-0.2, -0.15) is 0 Å². The van der Waals surface area contributed by atoms with Crippen molar-refractivity contribution in [2.75, 3.05) is 13.1 Å². The van der Waals surface area contributed by atoms with E-state index in [1.54, 1.807) is 0 Å². The summed E-state index contributed by atoms with van der Waals surface area (Å²) in [6, 6.07) is 11.3. The van der Waals surface area contributed by atoms with Gasteiger partial charge in [0.25, 0.3) is 0 Å². The lowest BCUT2D eigenvalue weighted by molar-refractivity contribution is 0.0124. The smallest absolute Gasteiger partial charge is 0.410 e. The van der Waals surface area contributed by atoms with Gasteiger partial charge in [-0.1, -0.05) is 30.3 Å². The number of hydrogen-bond donors (Lipinski definition) is 0. The quantitative estimate of drug-likeness (QED) is 0.839. The van der Waals surface area contributed by atoms with Crippen molar-refractivity contribution in [3.63, 3.8) is 0 Å². The molecule has 0 aromatic heterocycles. The van der Waals surface area contributed by atoms with Gasteiger partial charge in [0.2, 0.25) is 0 Å². The number of benzene rings is 1. The van der Waals surface area contributed by atoms with Crippen molar-refractivity contribution in [3.8, 4) is 0 Å². The number of likely N-dealkylation sites (tertiary alicyclic amines) is 2. The Labute approximate surface area is 126 Å². The van der Waals surface area contributed by atoms with Gasteiger partial charge in [-0.3, -0.25) is 4.90 Å². The highest BCUT2D eigenvalue weighted by Gasteiger charge is 2.46. The maximum atomic E-state index is 12.2. The summed E-state index contributed by atoms with van der Waals surface area (Å²) < 4.78 is 5.50. The van der Waals surface area contributed by atoms with Crippen molar-refractivity contribution in [2.24, 2.45) is 0 Å². The summed E-state index contributed by atoms with van der Waals surface area (Å²) in [7, 11) is 0. The molecule has 2 aliphatic rings. The van der Waals surface area contributed by atoms with E-state index in [2.05, 4.69) is 29.2 Å². The van der Waals surface area contributed by atoms with Gasteiger partial charge in [-0.15, -0.1) is 0 Å². The summed E-state index contributed by atoms with van der Waals surface area (Å²) >= 11 is 0. The monoisotopic (exact) mass is 288 g/mol. The van der Waals surface area contributed by atoms with Crippen LogP contribution in [0.2, 0.25) is 0 Å². The normalized spacial score (nSPS) is 25.4. The third kappa shape index (κ3) is 3.21.